The molecule has 6 rings (SSSR count). The minimum absolute atomic E-state index is 0.0476. The fourth-order valence-electron chi connectivity index (χ4n) is 4.55. The zero-order valence-corrected chi connectivity index (χ0v) is 18.9. The summed E-state index contributed by atoms with van der Waals surface area (Å²) in [6.45, 7) is 1.76. The molecule has 3 aromatic rings. The van der Waals surface area contributed by atoms with E-state index in [0.717, 1.165) is 29.0 Å². The van der Waals surface area contributed by atoms with Crippen LogP contribution in [-0.2, 0) is 17.7 Å². The van der Waals surface area contributed by atoms with Crippen molar-refractivity contribution in [1.29, 1.82) is 0 Å². The van der Waals surface area contributed by atoms with E-state index < -0.39 is 0 Å². The number of fused-ring (bicyclic) bond motifs is 2. The third kappa shape index (κ3) is 4.35. The lowest BCUT2D eigenvalue weighted by molar-refractivity contribution is -0.00855. The Morgan fingerprint density at radius 2 is 2.18 bits per heavy atom. The van der Waals surface area contributed by atoms with Crippen molar-refractivity contribution in [3.8, 4) is 22.9 Å². The predicted molar refractivity (Wildman–Crippen MR) is 123 cm³/mol. The van der Waals surface area contributed by atoms with E-state index in [9.17, 15) is 4.79 Å². The van der Waals surface area contributed by atoms with Gasteiger partial charge >= 0.3 is 0 Å². The van der Waals surface area contributed by atoms with Crippen molar-refractivity contribution >= 4 is 5.91 Å². The number of hydrogen-bond donors (Lipinski definition) is 1. The van der Waals surface area contributed by atoms with E-state index in [1.165, 1.54) is 19.3 Å². The van der Waals surface area contributed by atoms with Gasteiger partial charge in [0.05, 0.1) is 37.2 Å². The zero-order chi connectivity index (χ0) is 22.9. The van der Waals surface area contributed by atoms with Gasteiger partial charge in [0.1, 0.15) is 18.5 Å². The Morgan fingerprint density at radius 1 is 1.24 bits per heavy atom. The molecule has 0 radical (unpaired) electrons. The number of ether oxygens (including phenoxy) is 3. The van der Waals surface area contributed by atoms with Crippen LogP contribution in [-0.4, -0.2) is 57.1 Å². The number of benzene rings is 1. The first-order chi connectivity index (χ1) is 16.7. The van der Waals surface area contributed by atoms with Crippen LogP contribution in [0.3, 0.4) is 0 Å². The molecule has 9 nitrogen and oxygen atoms in total. The van der Waals surface area contributed by atoms with Crippen LogP contribution >= 0.6 is 0 Å². The Hall–Kier alpha value is -3.46. The number of nitrogens with one attached hydrogen (secondary N) is 1. The number of aromatic nitrogens is 4. The number of amides is 1. The first-order valence-electron chi connectivity index (χ1n) is 11.9. The minimum atomic E-state index is -0.225. The fraction of sp³-hybridized carbons (Fsp3) is 0.440. The SMILES string of the molecule is O=C(N[C@H]1COc2ccc(-c3cnccn3)cc2C1)c1cc2n(n1)CC(CCOC1CCC1)O2. The monoisotopic (exact) mass is 461 g/mol. The summed E-state index contributed by atoms with van der Waals surface area (Å²) in [5.74, 6) is 1.25. The highest BCUT2D eigenvalue weighted by molar-refractivity contribution is 5.92. The number of carbonyl (C=O) groups excluding carboxylic acids is 1. The van der Waals surface area contributed by atoms with Crippen molar-refractivity contribution in [2.24, 2.45) is 0 Å². The van der Waals surface area contributed by atoms with Gasteiger partial charge in [0, 0.05) is 30.4 Å². The quantitative estimate of drug-likeness (QED) is 0.577. The van der Waals surface area contributed by atoms with Crippen LogP contribution in [0.15, 0.2) is 42.9 Å². The van der Waals surface area contributed by atoms with Crippen LogP contribution in [0.2, 0.25) is 0 Å². The van der Waals surface area contributed by atoms with E-state index in [1.807, 2.05) is 18.2 Å². The van der Waals surface area contributed by atoms with Gasteiger partial charge in [-0.2, -0.15) is 5.10 Å². The largest absolute Gasteiger partial charge is 0.491 e. The van der Waals surface area contributed by atoms with Gasteiger partial charge in [-0.15, -0.1) is 0 Å². The number of rotatable bonds is 7. The molecule has 2 aliphatic heterocycles. The maximum Gasteiger partial charge on any atom is 0.272 e. The smallest absolute Gasteiger partial charge is 0.272 e. The van der Waals surface area contributed by atoms with Crippen LogP contribution in [0.4, 0.5) is 0 Å². The number of hydrogen-bond acceptors (Lipinski definition) is 7. The van der Waals surface area contributed by atoms with Gasteiger partial charge in [0.25, 0.3) is 5.91 Å². The van der Waals surface area contributed by atoms with Gasteiger partial charge in [0.2, 0.25) is 5.88 Å². The summed E-state index contributed by atoms with van der Waals surface area (Å²) in [7, 11) is 0. The second-order valence-corrected chi connectivity index (χ2v) is 9.10. The lowest BCUT2D eigenvalue weighted by Crippen LogP contribution is -2.43. The molecule has 1 amide bonds. The lowest BCUT2D eigenvalue weighted by atomic mass is 9.96. The van der Waals surface area contributed by atoms with Gasteiger partial charge < -0.3 is 19.5 Å². The summed E-state index contributed by atoms with van der Waals surface area (Å²) in [4.78, 5) is 21.4. The van der Waals surface area contributed by atoms with Crippen molar-refractivity contribution in [3.63, 3.8) is 0 Å². The molecule has 1 saturated carbocycles. The average molecular weight is 462 g/mol. The molecule has 34 heavy (non-hydrogen) atoms. The Bertz CT molecular complexity index is 1150. The second kappa shape index (κ2) is 9.06. The molecule has 2 atom stereocenters. The molecule has 4 heterocycles. The molecular weight excluding hydrogens is 434 g/mol. The van der Waals surface area contributed by atoms with Crippen LogP contribution < -0.4 is 14.8 Å². The van der Waals surface area contributed by atoms with E-state index >= 15 is 0 Å². The Balaban J connectivity index is 1.04. The first kappa shape index (κ1) is 21.1. The Labute approximate surface area is 197 Å². The summed E-state index contributed by atoms with van der Waals surface area (Å²) in [6.07, 6.45) is 10.7. The second-order valence-electron chi connectivity index (χ2n) is 9.10. The molecule has 1 N–H and O–H groups in total. The van der Waals surface area contributed by atoms with E-state index in [4.69, 9.17) is 14.2 Å². The molecule has 3 aliphatic rings. The molecule has 9 heteroatoms. The molecular formula is C25H27N5O4. The molecule has 1 fully saturated rings. The summed E-state index contributed by atoms with van der Waals surface area (Å²) in [5.41, 5.74) is 3.16. The molecule has 0 spiro atoms. The normalized spacial score (nSPS) is 21.1. The maximum atomic E-state index is 12.9. The number of carbonyl (C=O) groups is 1. The highest BCUT2D eigenvalue weighted by Gasteiger charge is 2.29. The Kier molecular flexibility index (Phi) is 5.62. The minimum Gasteiger partial charge on any atom is -0.491 e. The third-order valence-electron chi connectivity index (χ3n) is 6.65. The molecule has 0 saturated heterocycles. The van der Waals surface area contributed by atoms with Gasteiger partial charge in [-0.3, -0.25) is 14.8 Å². The lowest BCUT2D eigenvalue weighted by Gasteiger charge is -2.26. The summed E-state index contributed by atoms with van der Waals surface area (Å²) >= 11 is 0. The van der Waals surface area contributed by atoms with E-state index in [1.54, 1.807) is 29.3 Å². The maximum absolute atomic E-state index is 12.9. The van der Waals surface area contributed by atoms with Gasteiger partial charge in [-0.25, -0.2) is 4.68 Å². The van der Waals surface area contributed by atoms with Crippen LogP contribution in [0.5, 0.6) is 11.6 Å². The predicted octanol–water partition coefficient (Wildman–Crippen LogP) is 2.79. The van der Waals surface area contributed by atoms with Crippen molar-refractivity contribution in [2.75, 3.05) is 13.2 Å². The highest BCUT2D eigenvalue weighted by atomic mass is 16.5. The molecule has 1 aromatic carbocycles. The van der Waals surface area contributed by atoms with Gasteiger partial charge in [0.15, 0.2) is 5.69 Å². The van der Waals surface area contributed by atoms with Crippen molar-refractivity contribution in [3.05, 3.63) is 54.1 Å². The number of nitrogens with zero attached hydrogens (tertiary/aromatic N) is 4. The average Bonchev–Trinajstić information content (AvgIpc) is 3.40. The third-order valence-corrected chi connectivity index (χ3v) is 6.65. The summed E-state index contributed by atoms with van der Waals surface area (Å²) in [6, 6.07) is 7.53. The Morgan fingerprint density at radius 3 is 2.97 bits per heavy atom. The van der Waals surface area contributed by atoms with Gasteiger partial charge in [-0.1, -0.05) is 0 Å². The summed E-state index contributed by atoms with van der Waals surface area (Å²) in [5, 5.41) is 7.51. The molecule has 1 aliphatic carbocycles. The van der Waals surface area contributed by atoms with Crippen molar-refractivity contribution in [2.45, 2.75) is 56.9 Å². The molecule has 176 valence electrons. The standard InChI is InChI=1S/C25H27N5O4/c31-25(21-12-24-30(29-21)14-20(34-24)6-9-32-19-2-1-3-19)28-18-11-17-10-16(4-5-23(17)33-15-18)22-13-26-7-8-27-22/h4-5,7-8,10,12-13,18-20H,1-3,6,9,11,14-15H2,(H,28,31)/t18-,20?/m1/s1. The van der Waals surface area contributed by atoms with Crippen LogP contribution in [0, 0.1) is 0 Å². The van der Waals surface area contributed by atoms with Crippen LogP contribution in [0.1, 0.15) is 41.7 Å². The highest BCUT2D eigenvalue weighted by Crippen LogP contribution is 2.30. The zero-order valence-electron chi connectivity index (χ0n) is 18.9. The van der Waals surface area contributed by atoms with Crippen molar-refractivity contribution < 1.29 is 19.0 Å². The van der Waals surface area contributed by atoms with E-state index in [2.05, 4.69) is 20.4 Å². The summed E-state index contributed by atoms with van der Waals surface area (Å²) < 4.78 is 19.5. The molecule has 2 aromatic heterocycles. The molecule has 1 unspecified atom stereocenters. The first-order valence-corrected chi connectivity index (χ1v) is 11.9. The van der Waals surface area contributed by atoms with E-state index in [-0.39, 0.29) is 18.1 Å². The molecule has 0 bridgehead atoms. The topological polar surface area (TPSA) is 100 Å². The van der Waals surface area contributed by atoms with E-state index in [0.29, 0.717) is 43.9 Å². The van der Waals surface area contributed by atoms with Crippen molar-refractivity contribution in [1.82, 2.24) is 25.1 Å². The fourth-order valence-corrected chi connectivity index (χ4v) is 4.55. The van der Waals surface area contributed by atoms with Gasteiger partial charge in [-0.05, 0) is 49.4 Å². The van der Waals surface area contributed by atoms with Crippen LogP contribution in [0.25, 0.3) is 11.3 Å².